The number of nitrogens with zero attached hydrogens (tertiary/aromatic N) is 1. The molecule has 12 heavy (non-hydrogen) atoms. The molecular formula is C11H25N. The molecule has 0 saturated heterocycles. The van der Waals surface area contributed by atoms with Crippen LogP contribution in [0.4, 0.5) is 0 Å². The topological polar surface area (TPSA) is 3.24 Å². The van der Waals surface area contributed by atoms with Gasteiger partial charge in [0.1, 0.15) is 0 Å². The Kier molecular flexibility index (Phi) is 7.58. The predicted octanol–water partition coefficient (Wildman–Crippen LogP) is 3.30. The highest BCUT2D eigenvalue weighted by Crippen LogP contribution is 2.11. The third-order valence-corrected chi connectivity index (χ3v) is 2.44. The van der Waals surface area contributed by atoms with Crippen molar-refractivity contribution in [1.82, 2.24) is 4.90 Å². The van der Waals surface area contributed by atoms with Crippen LogP contribution < -0.4 is 0 Å². The first-order valence-corrected chi connectivity index (χ1v) is 5.46. The summed E-state index contributed by atoms with van der Waals surface area (Å²) in [6, 6.07) is 0.833. The zero-order valence-electron chi connectivity index (χ0n) is 9.27. The Morgan fingerprint density at radius 1 is 0.917 bits per heavy atom. The Hall–Kier alpha value is -0.0400. The van der Waals surface area contributed by atoms with E-state index in [4.69, 9.17) is 0 Å². The van der Waals surface area contributed by atoms with Crippen LogP contribution in [-0.4, -0.2) is 24.5 Å². The van der Waals surface area contributed by atoms with Crippen molar-refractivity contribution in [2.24, 2.45) is 0 Å². The average Bonchev–Trinajstić information content (AvgIpc) is 2.04. The van der Waals surface area contributed by atoms with Gasteiger partial charge in [0.2, 0.25) is 0 Å². The molecule has 0 radical (unpaired) electrons. The molecule has 0 rings (SSSR count). The van der Waals surface area contributed by atoms with E-state index in [0.29, 0.717) is 0 Å². The molecule has 0 aromatic rings. The van der Waals surface area contributed by atoms with Crippen molar-refractivity contribution in [2.75, 3.05) is 13.6 Å². The van der Waals surface area contributed by atoms with Crippen molar-refractivity contribution in [3.05, 3.63) is 0 Å². The van der Waals surface area contributed by atoms with Crippen molar-refractivity contribution in [2.45, 2.75) is 58.9 Å². The summed E-state index contributed by atoms with van der Waals surface area (Å²) in [5.74, 6) is 0. The lowest BCUT2D eigenvalue weighted by molar-refractivity contribution is 0.216. The smallest absolute Gasteiger partial charge is 0.00920 e. The van der Waals surface area contributed by atoms with Gasteiger partial charge in [-0.05, 0) is 32.9 Å². The second-order valence-electron chi connectivity index (χ2n) is 3.71. The average molecular weight is 171 g/mol. The summed E-state index contributed by atoms with van der Waals surface area (Å²) in [5.41, 5.74) is 0. The second kappa shape index (κ2) is 7.60. The van der Waals surface area contributed by atoms with Gasteiger partial charge in [0.15, 0.2) is 0 Å². The van der Waals surface area contributed by atoms with Crippen LogP contribution in [0, 0.1) is 0 Å². The number of hydrogen-bond acceptors (Lipinski definition) is 1. The Bertz CT molecular complexity index is 85.0. The summed E-state index contributed by atoms with van der Waals surface area (Å²) in [6.07, 6.45) is 6.65. The van der Waals surface area contributed by atoms with Crippen LogP contribution in [0.25, 0.3) is 0 Å². The van der Waals surface area contributed by atoms with E-state index in [0.717, 1.165) is 6.04 Å². The maximum atomic E-state index is 2.52. The highest BCUT2D eigenvalue weighted by atomic mass is 15.1. The highest BCUT2D eigenvalue weighted by molar-refractivity contribution is 4.67. The van der Waals surface area contributed by atoms with Crippen molar-refractivity contribution in [3.8, 4) is 0 Å². The summed E-state index contributed by atoms with van der Waals surface area (Å²) in [4.78, 5) is 2.52. The van der Waals surface area contributed by atoms with Crippen LogP contribution in [0.15, 0.2) is 0 Å². The first kappa shape index (κ1) is 12.0. The van der Waals surface area contributed by atoms with E-state index in [2.05, 4.69) is 32.7 Å². The first-order valence-electron chi connectivity index (χ1n) is 5.46. The fraction of sp³-hybridized carbons (Fsp3) is 1.00. The van der Waals surface area contributed by atoms with Crippen LogP contribution in [0.2, 0.25) is 0 Å². The molecule has 0 aromatic heterocycles. The maximum absolute atomic E-state index is 2.52. The molecule has 0 aliphatic rings. The Morgan fingerprint density at radius 2 is 1.42 bits per heavy atom. The van der Waals surface area contributed by atoms with Crippen LogP contribution in [-0.2, 0) is 0 Å². The van der Waals surface area contributed by atoms with Gasteiger partial charge in [-0.25, -0.2) is 0 Å². The van der Waals surface area contributed by atoms with E-state index in [9.17, 15) is 0 Å². The lowest BCUT2D eigenvalue weighted by Gasteiger charge is -2.27. The third-order valence-electron chi connectivity index (χ3n) is 2.44. The van der Waals surface area contributed by atoms with Gasteiger partial charge in [0, 0.05) is 6.04 Å². The Morgan fingerprint density at radius 3 is 1.75 bits per heavy atom. The maximum Gasteiger partial charge on any atom is 0.00920 e. The molecule has 1 nitrogen and oxygen atoms in total. The Balaban J connectivity index is 3.72. The van der Waals surface area contributed by atoms with Gasteiger partial charge < -0.3 is 4.90 Å². The van der Waals surface area contributed by atoms with Gasteiger partial charge in [0.05, 0.1) is 0 Å². The molecule has 0 unspecified atom stereocenters. The summed E-state index contributed by atoms with van der Waals surface area (Å²) < 4.78 is 0. The minimum absolute atomic E-state index is 0.833. The number of hydrogen-bond donors (Lipinski definition) is 0. The molecule has 0 aliphatic carbocycles. The standard InChI is InChI=1S/C11H25N/c1-5-8-11(9-6-2)12(4)10-7-3/h11H,5-10H2,1-4H3. The van der Waals surface area contributed by atoms with E-state index in [1.807, 2.05) is 0 Å². The highest BCUT2D eigenvalue weighted by Gasteiger charge is 2.10. The van der Waals surface area contributed by atoms with Crippen molar-refractivity contribution >= 4 is 0 Å². The quantitative estimate of drug-likeness (QED) is 0.568. The SMILES string of the molecule is CCCC(CCC)N(C)CCC. The fourth-order valence-corrected chi connectivity index (χ4v) is 1.79. The predicted molar refractivity (Wildman–Crippen MR) is 56.5 cm³/mol. The monoisotopic (exact) mass is 171 g/mol. The van der Waals surface area contributed by atoms with E-state index < -0.39 is 0 Å². The minimum Gasteiger partial charge on any atom is -0.303 e. The van der Waals surface area contributed by atoms with Gasteiger partial charge >= 0.3 is 0 Å². The normalized spacial score (nSPS) is 11.5. The van der Waals surface area contributed by atoms with Gasteiger partial charge in [-0.1, -0.05) is 33.6 Å². The molecule has 0 spiro atoms. The molecule has 0 aromatic carbocycles. The van der Waals surface area contributed by atoms with Crippen LogP contribution in [0.3, 0.4) is 0 Å². The van der Waals surface area contributed by atoms with Crippen molar-refractivity contribution in [3.63, 3.8) is 0 Å². The van der Waals surface area contributed by atoms with Crippen molar-refractivity contribution in [1.29, 1.82) is 0 Å². The van der Waals surface area contributed by atoms with Crippen LogP contribution in [0.1, 0.15) is 52.9 Å². The second-order valence-corrected chi connectivity index (χ2v) is 3.71. The molecule has 74 valence electrons. The largest absolute Gasteiger partial charge is 0.303 e. The molecule has 0 aliphatic heterocycles. The molecule has 1 heteroatoms. The minimum atomic E-state index is 0.833. The third kappa shape index (κ3) is 4.76. The first-order chi connectivity index (χ1) is 5.76. The van der Waals surface area contributed by atoms with Crippen LogP contribution in [0.5, 0.6) is 0 Å². The van der Waals surface area contributed by atoms with Gasteiger partial charge in [0.25, 0.3) is 0 Å². The molecule has 0 atom stereocenters. The summed E-state index contributed by atoms with van der Waals surface area (Å²) in [5, 5.41) is 0. The Labute approximate surface area is 78.1 Å². The molecule has 0 saturated carbocycles. The van der Waals surface area contributed by atoms with E-state index in [-0.39, 0.29) is 0 Å². The molecule has 0 fully saturated rings. The zero-order chi connectivity index (χ0) is 9.40. The molecule has 0 amide bonds. The number of rotatable bonds is 7. The van der Waals surface area contributed by atoms with Gasteiger partial charge in [-0.3, -0.25) is 0 Å². The lowest BCUT2D eigenvalue weighted by Crippen LogP contribution is -2.32. The fourth-order valence-electron chi connectivity index (χ4n) is 1.79. The molecule has 0 heterocycles. The summed E-state index contributed by atoms with van der Waals surface area (Å²) >= 11 is 0. The van der Waals surface area contributed by atoms with E-state index in [1.54, 1.807) is 0 Å². The van der Waals surface area contributed by atoms with Gasteiger partial charge in [-0.15, -0.1) is 0 Å². The van der Waals surface area contributed by atoms with E-state index >= 15 is 0 Å². The van der Waals surface area contributed by atoms with Crippen LogP contribution >= 0.6 is 0 Å². The van der Waals surface area contributed by atoms with E-state index in [1.165, 1.54) is 38.6 Å². The van der Waals surface area contributed by atoms with Crippen molar-refractivity contribution < 1.29 is 0 Å². The molecule has 0 bridgehead atoms. The molecular weight excluding hydrogens is 146 g/mol. The summed E-state index contributed by atoms with van der Waals surface area (Å²) in [7, 11) is 2.26. The van der Waals surface area contributed by atoms with Gasteiger partial charge in [-0.2, -0.15) is 0 Å². The molecule has 0 N–H and O–H groups in total. The summed E-state index contributed by atoms with van der Waals surface area (Å²) in [6.45, 7) is 8.07. The zero-order valence-corrected chi connectivity index (χ0v) is 9.27. The lowest BCUT2D eigenvalue weighted by atomic mass is 10.1.